The SMILES string of the molecule is O=C(c1ccc2c(c1)Cc1cccc(c1)CNCCCCCO2)N1CCN(CCO)CC1. The van der Waals surface area contributed by atoms with Crippen LogP contribution >= 0.6 is 0 Å². The number of β-amino-alcohol motifs (C(OH)–C–C–N with tert-alkyl or cyclic N) is 1. The number of ether oxygens (including phenoxy) is 1. The van der Waals surface area contributed by atoms with E-state index >= 15 is 0 Å². The summed E-state index contributed by atoms with van der Waals surface area (Å²) in [6.07, 6.45) is 4.07. The Hall–Kier alpha value is -2.41. The van der Waals surface area contributed by atoms with Crippen molar-refractivity contribution >= 4 is 5.91 Å². The molecule has 32 heavy (non-hydrogen) atoms. The number of carbonyl (C=O) groups is 1. The van der Waals surface area contributed by atoms with E-state index in [0.717, 1.165) is 68.7 Å². The van der Waals surface area contributed by atoms with Crippen molar-refractivity contribution in [3.8, 4) is 5.75 Å². The van der Waals surface area contributed by atoms with Crippen molar-refractivity contribution in [2.45, 2.75) is 32.2 Å². The van der Waals surface area contributed by atoms with Crippen molar-refractivity contribution in [3.63, 3.8) is 0 Å². The van der Waals surface area contributed by atoms with Gasteiger partial charge in [-0.1, -0.05) is 24.3 Å². The van der Waals surface area contributed by atoms with E-state index in [4.69, 9.17) is 9.84 Å². The summed E-state index contributed by atoms with van der Waals surface area (Å²) < 4.78 is 6.15. The van der Waals surface area contributed by atoms with Gasteiger partial charge in [0.05, 0.1) is 13.2 Å². The minimum atomic E-state index is 0.0776. The summed E-state index contributed by atoms with van der Waals surface area (Å²) in [6.45, 7) is 6.46. The van der Waals surface area contributed by atoms with Crippen molar-refractivity contribution in [2.24, 2.45) is 0 Å². The van der Waals surface area contributed by atoms with Gasteiger partial charge in [-0.15, -0.1) is 0 Å². The van der Waals surface area contributed by atoms with Gasteiger partial charge < -0.3 is 20.1 Å². The van der Waals surface area contributed by atoms with Crippen LogP contribution in [0, 0.1) is 0 Å². The second kappa shape index (κ2) is 11.5. The standard InChI is InChI=1S/C26H35N3O3/c30-15-14-28-10-12-29(13-11-28)26(31)23-7-8-25-24(19-23)18-21-5-4-6-22(17-21)20-27-9-2-1-3-16-32-25/h4-8,17,19,27,30H,1-3,9-16,18,20H2. The van der Waals surface area contributed by atoms with Crippen LogP contribution in [0.3, 0.4) is 0 Å². The third-order valence-electron chi connectivity index (χ3n) is 6.35. The van der Waals surface area contributed by atoms with Gasteiger partial charge in [-0.3, -0.25) is 9.69 Å². The number of piperazine rings is 1. The number of aliphatic hydroxyl groups excluding tert-OH is 1. The predicted molar refractivity (Wildman–Crippen MR) is 126 cm³/mol. The van der Waals surface area contributed by atoms with Gasteiger partial charge in [-0.2, -0.15) is 0 Å². The summed E-state index contributed by atoms with van der Waals surface area (Å²) in [5, 5.41) is 12.7. The molecule has 0 saturated carbocycles. The van der Waals surface area contributed by atoms with Gasteiger partial charge in [0.2, 0.25) is 0 Å². The zero-order valence-corrected chi connectivity index (χ0v) is 18.9. The minimum Gasteiger partial charge on any atom is -0.493 e. The molecule has 2 aliphatic heterocycles. The van der Waals surface area contributed by atoms with Crippen molar-refractivity contribution in [1.82, 2.24) is 15.1 Å². The van der Waals surface area contributed by atoms with E-state index in [1.54, 1.807) is 0 Å². The normalized spacial score (nSPS) is 18.3. The van der Waals surface area contributed by atoms with Crippen LogP contribution in [-0.2, 0) is 13.0 Å². The van der Waals surface area contributed by atoms with E-state index < -0.39 is 0 Å². The molecule has 6 heteroatoms. The Morgan fingerprint density at radius 2 is 1.84 bits per heavy atom. The Labute approximate surface area is 191 Å². The lowest BCUT2D eigenvalue weighted by atomic mass is 9.99. The van der Waals surface area contributed by atoms with E-state index in [0.29, 0.717) is 26.2 Å². The van der Waals surface area contributed by atoms with E-state index in [-0.39, 0.29) is 12.5 Å². The van der Waals surface area contributed by atoms with Crippen LogP contribution in [0.4, 0.5) is 0 Å². The average molecular weight is 438 g/mol. The van der Waals surface area contributed by atoms with Gasteiger partial charge in [0.1, 0.15) is 5.75 Å². The molecule has 1 saturated heterocycles. The fraction of sp³-hybridized carbons (Fsp3) is 0.500. The number of nitrogens with zero attached hydrogens (tertiary/aromatic N) is 2. The fourth-order valence-corrected chi connectivity index (χ4v) is 4.50. The molecular weight excluding hydrogens is 402 g/mol. The lowest BCUT2D eigenvalue weighted by Crippen LogP contribution is -2.49. The van der Waals surface area contributed by atoms with E-state index in [1.807, 2.05) is 23.1 Å². The second-order valence-electron chi connectivity index (χ2n) is 8.76. The molecule has 6 nitrogen and oxygen atoms in total. The smallest absolute Gasteiger partial charge is 0.253 e. The number of fused-ring (bicyclic) bond motifs is 3. The van der Waals surface area contributed by atoms with E-state index in [1.165, 1.54) is 11.1 Å². The van der Waals surface area contributed by atoms with Crippen LogP contribution in [0.1, 0.15) is 46.3 Å². The van der Waals surface area contributed by atoms with Gasteiger partial charge in [-0.05, 0) is 60.7 Å². The number of nitrogens with one attached hydrogen (secondary N) is 1. The molecule has 0 aliphatic carbocycles. The summed E-state index contributed by atoms with van der Waals surface area (Å²) in [4.78, 5) is 17.3. The molecule has 0 aromatic heterocycles. The van der Waals surface area contributed by atoms with Crippen molar-refractivity contribution < 1.29 is 14.6 Å². The first-order valence-corrected chi connectivity index (χ1v) is 11.9. The van der Waals surface area contributed by atoms with E-state index in [2.05, 4.69) is 34.5 Å². The van der Waals surface area contributed by atoms with Gasteiger partial charge in [0.15, 0.2) is 0 Å². The largest absolute Gasteiger partial charge is 0.493 e. The van der Waals surface area contributed by atoms with Gasteiger partial charge in [0, 0.05) is 51.3 Å². The number of aliphatic hydroxyl groups is 1. The summed E-state index contributed by atoms with van der Waals surface area (Å²) in [5.41, 5.74) is 4.31. The van der Waals surface area contributed by atoms with Gasteiger partial charge in [-0.25, -0.2) is 0 Å². The third kappa shape index (κ3) is 6.09. The first kappa shape index (κ1) is 22.8. The Kier molecular flexibility index (Phi) is 8.15. The van der Waals surface area contributed by atoms with Crippen LogP contribution in [0.15, 0.2) is 42.5 Å². The monoisotopic (exact) mass is 437 g/mol. The third-order valence-corrected chi connectivity index (χ3v) is 6.35. The van der Waals surface area contributed by atoms with E-state index in [9.17, 15) is 4.79 Å². The van der Waals surface area contributed by atoms with Crippen LogP contribution in [0.25, 0.3) is 0 Å². The molecular formula is C26H35N3O3. The van der Waals surface area contributed by atoms with Gasteiger partial charge in [0.25, 0.3) is 5.91 Å². The van der Waals surface area contributed by atoms with Gasteiger partial charge >= 0.3 is 0 Å². The molecule has 2 N–H and O–H groups in total. The Bertz CT molecular complexity index is 894. The topological polar surface area (TPSA) is 65.0 Å². The molecule has 2 aliphatic rings. The molecule has 172 valence electrons. The molecule has 4 rings (SSSR count). The van der Waals surface area contributed by atoms with Crippen molar-refractivity contribution in [3.05, 3.63) is 64.7 Å². The molecule has 0 radical (unpaired) electrons. The summed E-state index contributed by atoms with van der Waals surface area (Å²) in [6, 6.07) is 14.6. The molecule has 0 unspecified atom stereocenters. The minimum absolute atomic E-state index is 0.0776. The predicted octanol–water partition coefficient (Wildman–Crippen LogP) is 2.68. The zero-order valence-electron chi connectivity index (χ0n) is 18.9. The van der Waals surface area contributed by atoms with Crippen molar-refractivity contribution in [1.29, 1.82) is 0 Å². The number of amides is 1. The number of carbonyl (C=O) groups excluding carboxylic acids is 1. The van der Waals surface area contributed by atoms with Crippen LogP contribution in [0.5, 0.6) is 5.75 Å². The highest BCUT2D eigenvalue weighted by Gasteiger charge is 2.22. The average Bonchev–Trinajstić information content (AvgIpc) is 2.81. The fourth-order valence-electron chi connectivity index (χ4n) is 4.50. The molecule has 2 heterocycles. The molecule has 1 fully saturated rings. The highest BCUT2D eigenvalue weighted by Crippen LogP contribution is 2.25. The molecule has 2 aromatic rings. The van der Waals surface area contributed by atoms with Crippen LogP contribution in [-0.4, -0.2) is 73.3 Å². The highest BCUT2D eigenvalue weighted by molar-refractivity contribution is 5.94. The zero-order chi connectivity index (χ0) is 22.2. The summed E-state index contributed by atoms with van der Waals surface area (Å²) in [5.74, 6) is 0.962. The molecule has 0 spiro atoms. The maximum atomic E-state index is 13.2. The number of benzene rings is 2. The summed E-state index contributed by atoms with van der Waals surface area (Å²) in [7, 11) is 0. The Morgan fingerprint density at radius 1 is 1.00 bits per heavy atom. The number of hydrogen-bond donors (Lipinski definition) is 2. The summed E-state index contributed by atoms with van der Waals surface area (Å²) >= 11 is 0. The molecule has 2 aromatic carbocycles. The maximum Gasteiger partial charge on any atom is 0.253 e. The lowest BCUT2D eigenvalue weighted by molar-refractivity contribution is 0.0615. The van der Waals surface area contributed by atoms with Crippen molar-refractivity contribution in [2.75, 3.05) is 52.5 Å². The Balaban J connectivity index is 1.53. The first-order chi connectivity index (χ1) is 15.7. The highest BCUT2D eigenvalue weighted by atomic mass is 16.5. The second-order valence-corrected chi connectivity index (χ2v) is 8.76. The molecule has 0 atom stereocenters. The number of rotatable bonds is 3. The van der Waals surface area contributed by atoms with Crippen LogP contribution < -0.4 is 10.1 Å². The Morgan fingerprint density at radius 3 is 2.69 bits per heavy atom. The molecule has 1 amide bonds. The first-order valence-electron chi connectivity index (χ1n) is 11.9. The molecule has 2 bridgehead atoms. The maximum absolute atomic E-state index is 13.2. The number of hydrogen-bond acceptors (Lipinski definition) is 5. The van der Waals surface area contributed by atoms with Crippen LogP contribution in [0.2, 0.25) is 0 Å². The lowest BCUT2D eigenvalue weighted by Gasteiger charge is -2.34. The quantitative estimate of drug-likeness (QED) is 0.773.